The molecule has 0 aliphatic carbocycles. The minimum absolute atomic E-state index is 0.196. The van der Waals surface area contributed by atoms with E-state index in [9.17, 15) is 8.78 Å². The predicted molar refractivity (Wildman–Crippen MR) is 78.7 cm³/mol. The zero-order chi connectivity index (χ0) is 13.7. The minimum Gasteiger partial charge on any atom is -0.398 e. The molecule has 2 aromatic rings. The van der Waals surface area contributed by atoms with Gasteiger partial charge in [-0.1, -0.05) is 12.1 Å². The second kappa shape index (κ2) is 6.82. The number of thioether (sulfide) groups is 2. The quantitative estimate of drug-likeness (QED) is 0.502. The molecule has 0 saturated heterocycles. The van der Waals surface area contributed by atoms with E-state index in [1.807, 2.05) is 6.07 Å². The second-order valence-electron chi connectivity index (χ2n) is 3.81. The van der Waals surface area contributed by atoms with Gasteiger partial charge in [0, 0.05) is 27.0 Å². The normalized spacial score (nSPS) is 10.6. The SMILES string of the molecule is Nc1cc(F)ccc1SCCSc1ccccc1F. The molecule has 0 aliphatic rings. The van der Waals surface area contributed by atoms with E-state index in [-0.39, 0.29) is 11.6 Å². The first-order valence-corrected chi connectivity index (χ1v) is 7.69. The van der Waals surface area contributed by atoms with Crippen LogP contribution in [0.2, 0.25) is 0 Å². The van der Waals surface area contributed by atoms with Gasteiger partial charge in [-0.05, 0) is 30.3 Å². The average Bonchev–Trinajstić information content (AvgIpc) is 2.38. The van der Waals surface area contributed by atoms with Crippen molar-refractivity contribution in [2.75, 3.05) is 17.2 Å². The first kappa shape index (κ1) is 14.2. The van der Waals surface area contributed by atoms with E-state index in [0.29, 0.717) is 10.6 Å². The summed E-state index contributed by atoms with van der Waals surface area (Å²) < 4.78 is 26.2. The van der Waals surface area contributed by atoms with Gasteiger partial charge in [0.15, 0.2) is 0 Å². The number of nitrogen functional groups attached to an aromatic ring is 1. The largest absolute Gasteiger partial charge is 0.398 e. The van der Waals surface area contributed by atoms with Crippen molar-refractivity contribution < 1.29 is 8.78 Å². The number of rotatable bonds is 5. The lowest BCUT2D eigenvalue weighted by molar-refractivity contribution is 0.602. The molecule has 0 radical (unpaired) electrons. The van der Waals surface area contributed by atoms with Crippen molar-refractivity contribution >= 4 is 29.2 Å². The molecule has 0 heterocycles. The highest BCUT2D eigenvalue weighted by atomic mass is 32.2. The Balaban J connectivity index is 1.83. The Labute approximate surface area is 119 Å². The Bertz CT molecular complexity index is 561. The minimum atomic E-state index is -0.331. The molecule has 0 unspecified atom stereocenters. The maximum atomic E-state index is 13.4. The van der Waals surface area contributed by atoms with E-state index >= 15 is 0 Å². The van der Waals surface area contributed by atoms with Crippen molar-refractivity contribution in [2.45, 2.75) is 9.79 Å². The summed E-state index contributed by atoms with van der Waals surface area (Å²) in [5.74, 6) is 1.03. The van der Waals surface area contributed by atoms with Crippen LogP contribution in [0.15, 0.2) is 52.3 Å². The Morgan fingerprint density at radius 3 is 2.26 bits per heavy atom. The Kier molecular flexibility index (Phi) is 5.10. The summed E-state index contributed by atoms with van der Waals surface area (Å²) in [4.78, 5) is 1.51. The molecule has 2 rings (SSSR count). The number of hydrogen-bond donors (Lipinski definition) is 1. The van der Waals surface area contributed by atoms with Crippen molar-refractivity contribution in [3.05, 3.63) is 54.1 Å². The van der Waals surface area contributed by atoms with Crippen LogP contribution >= 0.6 is 23.5 Å². The van der Waals surface area contributed by atoms with Crippen LogP contribution in [0.4, 0.5) is 14.5 Å². The highest BCUT2D eigenvalue weighted by Gasteiger charge is 2.03. The summed E-state index contributed by atoms with van der Waals surface area (Å²) in [6.07, 6.45) is 0. The van der Waals surface area contributed by atoms with E-state index in [0.717, 1.165) is 16.4 Å². The van der Waals surface area contributed by atoms with Crippen LogP contribution in [0.3, 0.4) is 0 Å². The van der Waals surface area contributed by atoms with Crippen LogP contribution in [0.1, 0.15) is 0 Å². The molecule has 0 amide bonds. The summed E-state index contributed by atoms with van der Waals surface area (Å²) >= 11 is 3.01. The lowest BCUT2D eigenvalue weighted by Gasteiger charge is -2.06. The standard InChI is InChI=1S/C14H13F2NS2/c15-10-5-6-14(12(17)9-10)19-8-7-18-13-4-2-1-3-11(13)16/h1-6,9H,7-8,17H2. The molecule has 5 heteroatoms. The Hall–Kier alpha value is -1.20. The van der Waals surface area contributed by atoms with Gasteiger partial charge in [-0.25, -0.2) is 8.78 Å². The Morgan fingerprint density at radius 2 is 1.58 bits per heavy atom. The summed E-state index contributed by atoms with van der Waals surface area (Å²) in [6.45, 7) is 0. The van der Waals surface area contributed by atoms with Crippen LogP contribution in [0.5, 0.6) is 0 Å². The smallest absolute Gasteiger partial charge is 0.136 e. The monoisotopic (exact) mass is 297 g/mol. The molecule has 0 atom stereocenters. The van der Waals surface area contributed by atoms with Gasteiger partial charge >= 0.3 is 0 Å². The van der Waals surface area contributed by atoms with Gasteiger partial charge in [-0.3, -0.25) is 0 Å². The molecule has 0 fully saturated rings. The molecule has 0 aromatic heterocycles. The van der Waals surface area contributed by atoms with E-state index in [1.54, 1.807) is 30.0 Å². The van der Waals surface area contributed by atoms with Crippen LogP contribution in [-0.4, -0.2) is 11.5 Å². The maximum absolute atomic E-state index is 13.4. The predicted octanol–water partition coefficient (Wildman–Crippen LogP) is 4.43. The van der Waals surface area contributed by atoms with Gasteiger partial charge in [0.05, 0.1) is 0 Å². The van der Waals surface area contributed by atoms with E-state index in [1.165, 1.54) is 30.0 Å². The molecule has 2 aromatic carbocycles. The van der Waals surface area contributed by atoms with Gasteiger partial charge in [0.1, 0.15) is 11.6 Å². The average molecular weight is 297 g/mol. The number of halogens is 2. The number of nitrogens with two attached hydrogens (primary N) is 1. The van der Waals surface area contributed by atoms with Gasteiger partial charge in [0.25, 0.3) is 0 Å². The van der Waals surface area contributed by atoms with Crippen molar-refractivity contribution in [2.24, 2.45) is 0 Å². The molecular weight excluding hydrogens is 284 g/mol. The third-order valence-corrected chi connectivity index (χ3v) is 4.81. The summed E-state index contributed by atoms with van der Waals surface area (Å²) in [5.41, 5.74) is 6.16. The number of benzene rings is 2. The van der Waals surface area contributed by atoms with Crippen molar-refractivity contribution in [1.82, 2.24) is 0 Å². The Morgan fingerprint density at radius 1 is 0.895 bits per heavy atom. The lowest BCUT2D eigenvalue weighted by Crippen LogP contribution is -1.92. The van der Waals surface area contributed by atoms with Crippen LogP contribution in [-0.2, 0) is 0 Å². The third kappa shape index (κ3) is 4.14. The molecule has 1 nitrogen and oxygen atoms in total. The highest BCUT2D eigenvalue weighted by molar-refractivity contribution is 8.03. The third-order valence-electron chi connectivity index (χ3n) is 2.41. The van der Waals surface area contributed by atoms with Crippen LogP contribution < -0.4 is 5.73 Å². The van der Waals surface area contributed by atoms with E-state index < -0.39 is 0 Å². The first-order valence-electron chi connectivity index (χ1n) is 5.72. The number of anilines is 1. The molecule has 0 saturated carbocycles. The molecule has 0 spiro atoms. The van der Waals surface area contributed by atoms with Gasteiger partial charge in [-0.15, -0.1) is 23.5 Å². The molecule has 100 valence electrons. The van der Waals surface area contributed by atoms with Crippen molar-refractivity contribution in [1.29, 1.82) is 0 Å². The number of hydrogen-bond acceptors (Lipinski definition) is 3. The molecular formula is C14H13F2NS2. The van der Waals surface area contributed by atoms with Gasteiger partial charge in [0.2, 0.25) is 0 Å². The highest BCUT2D eigenvalue weighted by Crippen LogP contribution is 2.28. The molecule has 0 aliphatic heterocycles. The summed E-state index contributed by atoms with van der Waals surface area (Å²) in [5, 5.41) is 0. The summed E-state index contributed by atoms with van der Waals surface area (Å²) in [6, 6.07) is 11.1. The fourth-order valence-electron chi connectivity index (χ4n) is 1.52. The first-order chi connectivity index (χ1) is 9.16. The molecule has 19 heavy (non-hydrogen) atoms. The fraction of sp³-hybridized carbons (Fsp3) is 0.143. The van der Waals surface area contributed by atoms with Gasteiger partial charge < -0.3 is 5.73 Å². The van der Waals surface area contributed by atoms with Gasteiger partial charge in [-0.2, -0.15) is 0 Å². The maximum Gasteiger partial charge on any atom is 0.136 e. The van der Waals surface area contributed by atoms with Crippen LogP contribution in [0.25, 0.3) is 0 Å². The van der Waals surface area contributed by atoms with Crippen LogP contribution in [0, 0.1) is 11.6 Å². The second-order valence-corrected chi connectivity index (χ2v) is 6.08. The lowest BCUT2D eigenvalue weighted by atomic mass is 10.3. The zero-order valence-electron chi connectivity index (χ0n) is 10.1. The topological polar surface area (TPSA) is 26.0 Å². The van der Waals surface area contributed by atoms with Crippen molar-refractivity contribution in [3.8, 4) is 0 Å². The van der Waals surface area contributed by atoms with E-state index in [2.05, 4.69) is 0 Å². The summed E-state index contributed by atoms with van der Waals surface area (Å²) in [7, 11) is 0. The van der Waals surface area contributed by atoms with Crippen molar-refractivity contribution in [3.63, 3.8) is 0 Å². The molecule has 0 bridgehead atoms. The van der Waals surface area contributed by atoms with E-state index in [4.69, 9.17) is 5.73 Å². The zero-order valence-corrected chi connectivity index (χ0v) is 11.7. The fourth-order valence-corrected chi connectivity index (χ4v) is 3.39. The molecule has 2 N–H and O–H groups in total.